The molecule has 3 rings (SSSR count). The van der Waals surface area contributed by atoms with Crippen LogP contribution in [0.2, 0.25) is 5.02 Å². The van der Waals surface area contributed by atoms with E-state index in [1.807, 2.05) is 6.07 Å². The van der Waals surface area contributed by atoms with Crippen molar-refractivity contribution in [3.05, 3.63) is 53.1 Å². The topological polar surface area (TPSA) is 82.4 Å². The Balaban J connectivity index is 1.71. The van der Waals surface area contributed by atoms with E-state index in [1.165, 1.54) is 7.11 Å². The summed E-state index contributed by atoms with van der Waals surface area (Å²) >= 11 is 6.12. The summed E-state index contributed by atoms with van der Waals surface area (Å²) in [5.41, 5.74) is 1.62. The van der Waals surface area contributed by atoms with Gasteiger partial charge < -0.3 is 15.0 Å². The molecule has 132 valence electrons. The van der Waals surface area contributed by atoms with Gasteiger partial charge in [-0.25, -0.2) is 0 Å². The van der Waals surface area contributed by atoms with Crippen LogP contribution in [-0.4, -0.2) is 25.5 Å². The number of amides is 2. The second-order valence-corrected chi connectivity index (χ2v) is 6.31. The summed E-state index contributed by atoms with van der Waals surface area (Å²) in [5, 5.41) is 12.1. The third kappa shape index (κ3) is 3.63. The molecule has 2 amide bonds. The van der Waals surface area contributed by atoms with Crippen LogP contribution in [-0.2, 0) is 9.59 Å². The molecule has 1 aliphatic heterocycles. The van der Waals surface area contributed by atoms with Gasteiger partial charge in [0, 0.05) is 24.3 Å². The number of hydrogen-bond donors (Lipinski definition) is 1. The van der Waals surface area contributed by atoms with Gasteiger partial charge in [-0.3, -0.25) is 9.59 Å². The number of carbonyl (C=O) groups is 2. The van der Waals surface area contributed by atoms with Gasteiger partial charge in [0.1, 0.15) is 5.75 Å². The minimum atomic E-state index is -0.478. The summed E-state index contributed by atoms with van der Waals surface area (Å²) in [7, 11) is 1.52. The number of benzene rings is 2. The molecule has 1 atom stereocenters. The fourth-order valence-corrected chi connectivity index (χ4v) is 3.12. The smallest absolute Gasteiger partial charge is 0.229 e. The lowest BCUT2D eigenvalue weighted by atomic mass is 10.1. The molecule has 2 aromatic rings. The average Bonchev–Trinajstić information content (AvgIpc) is 3.03. The predicted octanol–water partition coefficient (Wildman–Crippen LogP) is 3.21. The van der Waals surface area contributed by atoms with Crippen LogP contribution >= 0.6 is 11.6 Å². The van der Waals surface area contributed by atoms with Crippen LogP contribution in [0, 0.1) is 17.2 Å². The third-order valence-electron chi connectivity index (χ3n) is 4.20. The Morgan fingerprint density at radius 3 is 2.85 bits per heavy atom. The number of carbonyl (C=O) groups excluding carboxylic acids is 2. The second-order valence-electron chi connectivity index (χ2n) is 5.91. The molecule has 1 heterocycles. The van der Waals surface area contributed by atoms with Gasteiger partial charge in [0.25, 0.3) is 0 Å². The molecule has 1 aliphatic rings. The molecule has 0 aromatic heterocycles. The zero-order chi connectivity index (χ0) is 18.7. The van der Waals surface area contributed by atoms with Crippen molar-refractivity contribution in [2.24, 2.45) is 5.92 Å². The van der Waals surface area contributed by atoms with Crippen molar-refractivity contribution in [2.45, 2.75) is 6.42 Å². The number of nitrogens with zero attached hydrogens (tertiary/aromatic N) is 2. The van der Waals surface area contributed by atoms with Crippen molar-refractivity contribution in [3.63, 3.8) is 0 Å². The van der Waals surface area contributed by atoms with Crippen LogP contribution in [0.4, 0.5) is 11.4 Å². The van der Waals surface area contributed by atoms with Crippen molar-refractivity contribution >= 4 is 34.8 Å². The summed E-state index contributed by atoms with van der Waals surface area (Å²) in [5.74, 6) is -0.351. The maximum absolute atomic E-state index is 12.5. The largest absolute Gasteiger partial charge is 0.495 e. The van der Waals surface area contributed by atoms with E-state index in [-0.39, 0.29) is 24.8 Å². The number of ether oxygens (including phenoxy) is 1. The summed E-state index contributed by atoms with van der Waals surface area (Å²) in [6.45, 7) is 0.269. The summed E-state index contributed by atoms with van der Waals surface area (Å²) in [6.07, 6.45) is 0.118. The van der Waals surface area contributed by atoms with Crippen molar-refractivity contribution in [1.29, 1.82) is 5.26 Å². The lowest BCUT2D eigenvalue weighted by Gasteiger charge is -2.18. The molecule has 0 bridgehead atoms. The Morgan fingerprint density at radius 1 is 1.35 bits per heavy atom. The van der Waals surface area contributed by atoms with Gasteiger partial charge >= 0.3 is 0 Å². The highest BCUT2D eigenvalue weighted by molar-refractivity contribution is 6.32. The summed E-state index contributed by atoms with van der Waals surface area (Å²) < 4.78 is 5.11. The van der Waals surface area contributed by atoms with Crippen LogP contribution in [0.1, 0.15) is 12.0 Å². The van der Waals surface area contributed by atoms with E-state index in [0.29, 0.717) is 27.7 Å². The van der Waals surface area contributed by atoms with Crippen molar-refractivity contribution < 1.29 is 14.3 Å². The molecule has 2 aromatic carbocycles. The van der Waals surface area contributed by atoms with E-state index in [1.54, 1.807) is 47.4 Å². The Bertz CT molecular complexity index is 907. The Morgan fingerprint density at radius 2 is 2.15 bits per heavy atom. The minimum Gasteiger partial charge on any atom is -0.495 e. The molecule has 26 heavy (non-hydrogen) atoms. The Hall–Kier alpha value is -3.04. The summed E-state index contributed by atoms with van der Waals surface area (Å²) in [6, 6.07) is 13.7. The Kier molecular flexibility index (Phi) is 5.10. The number of methoxy groups -OCH3 is 1. The highest BCUT2D eigenvalue weighted by atomic mass is 35.5. The van der Waals surface area contributed by atoms with E-state index in [4.69, 9.17) is 21.6 Å². The first-order chi connectivity index (χ1) is 12.5. The fraction of sp³-hybridized carbons (Fsp3) is 0.211. The fourth-order valence-electron chi connectivity index (χ4n) is 2.87. The van der Waals surface area contributed by atoms with Gasteiger partial charge in [0.15, 0.2) is 0 Å². The van der Waals surface area contributed by atoms with E-state index in [0.717, 1.165) is 0 Å². The Labute approximate surface area is 155 Å². The van der Waals surface area contributed by atoms with E-state index in [9.17, 15) is 9.59 Å². The van der Waals surface area contributed by atoms with E-state index < -0.39 is 5.92 Å². The van der Waals surface area contributed by atoms with E-state index >= 15 is 0 Å². The molecular weight excluding hydrogens is 354 g/mol. The van der Waals surface area contributed by atoms with Crippen LogP contribution in [0.25, 0.3) is 0 Å². The first kappa shape index (κ1) is 17.8. The number of hydrogen-bond acceptors (Lipinski definition) is 4. The van der Waals surface area contributed by atoms with Crippen molar-refractivity contribution in [1.82, 2.24) is 0 Å². The maximum Gasteiger partial charge on any atom is 0.229 e. The predicted molar refractivity (Wildman–Crippen MR) is 98.3 cm³/mol. The molecule has 1 saturated heterocycles. The van der Waals surface area contributed by atoms with E-state index in [2.05, 4.69) is 5.32 Å². The van der Waals surface area contributed by atoms with Crippen LogP contribution in [0.15, 0.2) is 42.5 Å². The lowest BCUT2D eigenvalue weighted by molar-refractivity contribution is -0.122. The average molecular weight is 370 g/mol. The lowest BCUT2D eigenvalue weighted by Crippen LogP contribution is -2.28. The van der Waals surface area contributed by atoms with Gasteiger partial charge in [0.05, 0.1) is 29.7 Å². The normalized spacial score (nSPS) is 16.3. The minimum absolute atomic E-state index is 0.118. The third-order valence-corrected chi connectivity index (χ3v) is 4.50. The van der Waals surface area contributed by atoms with Gasteiger partial charge in [-0.05, 0) is 36.4 Å². The summed E-state index contributed by atoms with van der Waals surface area (Å²) in [4.78, 5) is 26.4. The van der Waals surface area contributed by atoms with Crippen molar-refractivity contribution in [2.75, 3.05) is 23.9 Å². The standard InChI is InChI=1S/C19H16ClN3O3/c1-26-17-6-5-15(9-16(17)20)23-11-13(8-18(23)24)19(25)22-14-4-2-3-12(7-14)10-21/h2-7,9,13H,8,11H2,1H3,(H,22,25). The van der Waals surface area contributed by atoms with Gasteiger partial charge in [0.2, 0.25) is 11.8 Å². The zero-order valence-electron chi connectivity index (χ0n) is 14.0. The van der Waals surface area contributed by atoms with Gasteiger partial charge in [-0.2, -0.15) is 5.26 Å². The molecule has 0 saturated carbocycles. The van der Waals surface area contributed by atoms with Gasteiger partial charge in [-0.15, -0.1) is 0 Å². The molecule has 6 nitrogen and oxygen atoms in total. The monoisotopic (exact) mass is 369 g/mol. The van der Waals surface area contributed by atoms with Gasteiger partial charge in [-0.1, -0.05) is 17.7 Å². The first-order valence-corrected chi connectivity index (χ1v) is 8.34. The quantitative estimate of drug-likeness (QED) is 0.897. The van der Waals surface area contributed by atoms with Crippen LogP contribution in [0.3, 0.4) is 0 Å². The number of anilines is 2. The molecule has 1 N–H and O–H groups in total. The zero-order valence-corrected chi connectivity index (χ0v) is 14.8. The number of nitriles is 1. The highest BCUT2D eigenvalue weighted by Crippen LogP contribution is 2.32. The molecular formula is C19H16ClN3O3. The second kappa shape index (κ2) is 7.46. The SMILES string of the molecule is COc1ccc(N2CC(C(=O)Nc3cccc(C#N)c3)CC2=O)cc1Cl. The number of halogens is 1. The van der Waals surface area contributed by atoms with Crippen molar-refractivity contribution in [3.8, 4) is 11.8 Å². The molecule has 0 radical (unpaired) electrons. The molecule has 0 aliphatic carbocycles. The number of rotatable bonds is 4. The van der Waals surface area contributed by atoms with Crippen LogP contribution in [0.5, 0.6) is 5.75 Å². The maximum atomic E-state index is 12.5. The van der Waals surface area contributed by atoms with Crippen LogP contribution < -0.4 is 15.0 Å². The molecule has 7 heteroatoms. The molecule has 1 unspecified atom stereocenters. The number of nitrogens with one attached hydrogen (secondary N) is 1. The first-order valence-electron chi connectivity index (χ1n) is 7.96. The highest BCUT2D eigenvalue weighted by Gasteiger charge is 2.35. The molecule has 0 spiro atoms. The molecule has 1 fully saturated rings.